The van der Waals surface area contributed by atoms with Gasteiger partial charge < -0.3 is 4.74 Å². The Morgan fingerprint density at radius 3 is 2.55 bits per heavy atom. The van der Waals surface area contributed by atoms with Gasteiger partial charge in [0.2, 0.25) is 0 Å². The zero-order valence-corrected chi connectivity index (χ0v) is 17.3. The van der Waals surface area contributed by atoms with Crippen molar-refractivity contribution in [3.63, 3.8) is 0 Å². The molecule has 3 aromatic carbocycles. The maximum absolute atomic E-state index is 12.6. The molecule has 144 valence electrons. The summed E-state index contributed by atoms with van der Waals surface area (Å²) in [5.41, 5.74) is 2.37. The second-order valence-electron chi connectivity index (χ2n) is 6.14. The highest BCUT2D eigenvalue weighted by molar-refractivity contribution is 7.98. The van der Waals surface area contributed by atoms with Gasteiger partial charge in [-0.2, -0.15) is 0 Å². The van der Waals surface area contributed by atoms with Crippen LogP contribution in [-0.4, -0.2) is 17.1 Å². The monoisotopic (exact) mass is 418 g/mol. The van der Waals surface area contributed by atoms with Crippen LogP contribution in [0.1, 0.15) is 10.4 Å². The Balaban J connectivity index is 1.50. The summed E-state index contributed by atoms with van der Waals surface area (Å²) in [6, 6.07) is 24.9. The Kier molecular flexibility index (Phi) is 5.93. The third-order valence-corrected chi connectivity index (χ3v) is 5.74. The molecule has 1 aromatic heterocycles. The van der Waals surface area contributed by atoms with Crippen molar-refractivity contribution in [2.24, 2.45) is 0 Å². The average Bonchev–Trinajstić information content (AvgIpc) is 3.23. The number of hydrogen-bond donors (Lipinski definition) is 1. The Hall–Kier alpha value is -3.09. The Labute approximate surface area is 177 Å². The molecule has 0 aliphatic rings. The first-order chi connectivity index (χ1) is 14.2. The van der Waals surface area contributed by atoms with E-state index < -0.39 is 0 Å². The molecule has 0 atom stereocenters. The van der Waals surface area contributed by atoms with Crippen LogP contribution < -0.4 is 10.1 Å². The predicted molar refractivity (Wildman–Crippen MR) is 120 cm³/mol. The highest BCUT2D eigenvalue weighted by Crippen LogP contribution is 2.30. The smallest absolute Gasteiger partial charge is 0.258 e. The molecule has 0 saturated heterocycles. The summed E-state index contributed by atoms with van der Waals surface area (Å²) < 4.78 is 5.90. The molecule has 0 fully saturated rings. The second-order valence-corrected chi connectivity index (χ2v) is 7.84. The molecule has 1 heterocycles. The fourth-order valence-electron chi connectivity index (χ4n) is 2.80. The lowest BCUT2D eigenvalue weighted by molar-refractivity contribution is 0.102. The largest absolute Gasteiger partial charge is 0.457 e. The molecule has 29 heavy (non-hydrogen) atoms. The van der Waals surface area contributed by atoms with Crippen LogP contribution in [0.4, 0.5) is 5.13 Å². The van der Waals surface area contributed by atoms with E-state index in [2.05, 4.69) is 10.3 Å². The summed E-state index contributed by atoms with van der Waals surface area (Å²) in [4.78, 5) is 18.1. The lowest BCUT2D eigenvalue weighted by Gasteiger charge is -2.07. The van der Waals surface area contributed by atoms with Gasteiger partial charge in [-0.25, -0.2) is 4.98 Å². The molecule has 0 aliphatic heterocycles. The minimum absolute atomic E-state index is 0.156. The maximum Gasteiger partial charge on any atom is 0.258 e. The second kappa shape index (κ2) is 8.94. The molecule has 0 bridgehead atoms. The first-order valence-corrected chi connectivity index (χ1v) is 11.1. The van der Waals surface area contributed by atoms with Crippen LogP contribution in [0.5, 0.6) is 11.5 Å². The van der Waals surface area contributed by atoms with Crippen LogP contribution in [0, 0.1) is 0 Å². The fraction of sp³-hybridized carbons (Fsp3) is 0.0435. The fourth-order valence-corrected chi connectivity index (χ4v) is 4.11. The third kappa shape index (κ3) is 4.67. The number of ether oxygens (including phenoxy) is 1. The van der Waals surface area contributed by atoms with E-state index in [1.807, 2.05) is 90.5 Å². The van der Waals surface area contributed by atoms with Crippen LogP contribution in [0.25, 0.3) is 11.3 Å². The number of para-hydroxylation sites is 1. The maximum atomic E-state index is 12.6. The van der Waals surface area contributed by atoms with Crippen LogP contribution >= 0.6 is 23.1 Å². The number of benzene rings is 3. The molecule has 1 N–H and O–H groups in total. The number of aromatic nitrogens is 1. The predicted octanol–water partition coefficient (Wildman–Crippen LogP) is 6.58. The number of anilines is 1. The summed E-state index contributed by atoms with van der Waals surface area (Å²) in [6.45, 7) is 0. The topological polar surface area (TPSA) is 51.2 Å². The zero-order valence-electron chi connectivity index (χ0n) is 15.7. The first-order valence-electron chi connectivity index (χ1n) is 8.96. The van der Waals surface area contributed by atoms with Crippen LogP contribution in [0.15, 0.2) is 89.1 Å². The average molecular weight is 419 g/mol. The number of nitrogens with one attached hydrogen (secondary N) is 1. The van der Waals surface area contributed by atoms with Crippen molar-refractivity contribution >= 4 is 34.1 Å². The molecule has 4 aromatic rings. The molecule has 1 amide bonds. The van der Waals surface area contributed by atoms with Crippen molar-refractivity contribution in [1.29, 1.82) is 0 Å². The normalized spacial score (nSPS) is 10.5. The molecular weight excluding hydrogens is 400 g/mol. The molecule has 0 radical (unpaired) electrons. The summed E-state index contributed by atoms with van der Waals surface area (Å²) >= 11 is 2.95. The minimum atomic E-state index is -0.156. The standard InChI is InChI=1S/C23H18N2O2S2/c1-28-21-13-6-5-12-19(21)22(26)25-23-24-20(15-29-23)16-8-7-11-18(14-16)27-17-9-3-2-4-10-17/h2-15H,1H3,(H,24,25,26). The molecule has 0 aliphatic carbocycles. The highest BCUT2D eigenvalue weighted by atomic mass is 32.2. The minimum Gasteiger partial charge on any atom is -0.457 e. The van der Waals surface area contributed by atoms with E-state index >= 15 is 0 Å². The van der Waals surface area contributed by atoms with Gasteiger partial charge in [0.05, 0.1) is 11.3 Å². The van der Waals surface area contributed by atoms with Gasteiger partial charge >= 0.3 is 0 Å². The van der Waals surface area contributed by atoms with Gasteiger partial charge in [0.25, 0.3) is 5.91 Å². The molecule has 4 nitrogen and oxygen atoms in total. The molecule has 0 unspecified atom stereocenters. The van der Waals surface area contributed by atoms with Gasteiger partial charge in [0.15, 0.2) is 5.13 Å². The molecule has 0 saturated carbocycles. The van der Waals surface area contributed by atoms with Gasteiger partial charge in [-0.1, -0.05) is 42.5 Å². The van der Waals surface area contributed by atoms with Crippen molar-refractivity contribution in [1.82, 2.24) is 4.98 Å². The molecule has 6 heteroatoms. The first kappa shape index (κ1) is 19.2. The van der Waals surface area contributed by atoms with Crippen molar-refractivity contribution in [2.45, 2.75) is 4.90 Å². The Bertz CT molecular complexity index is 1130. The number of carbonyl (C=O) groups is 1. The third-order valence-electron chi connectivity index (χ3n) is 4.18. The number of carbonyl (C=O) groups excluding carboxylic acids is 1. The number of rotatable bonds is 6. The van der Waals surface area contributed by atoms with Crippen LogP contribution in [0.2, 0.25) is 0 Å². The Morgan fingerprint density at radius 1 is 0.966 bits per heavy atom. The lowest BCUT2D eigenvalue weighted by atomic mass is 10.1. The van der Waals surface area contributed by atoms with Gasteiger partial charge in [0.1, 0.15) is 11.5 Å². The van der Waals surface area contributed by atoms with Crippen LogP contribution in [0.3, 0.4) is 0 Å². The Morgan fingerprint density at radius 2 is 1.72 bits per heavy atom. The van der Waals surface area contributed by atoms with Crippen molar-refractivity contribution < 1.29 is 9.53 Å². The number of amides is 1. The molecular formula is C23H18N2O2S2. The van der Waals surface area contributed by atoms with E-state index in [1.165, 1.54) is 11.3 Å². The quantitative estimate of drug-likeness (QED) is 0.360. The number of hydrogen-bond acceptors (Lipinski definition) is 5. The highest BCUT2D eigenvalue weighted by Gasteiger charge is 2.13. The van der Waals surface area contributed by atoms with E-state index in [4.69, 9.17) is 4.74 Å². The van der Waals surface area contributed by atoms with Gasteiger partial charge in [-0.15, -0.1) is 23.1 Å². The van der Waals surface area contributed by atoms with Crippen LogP contribution in [-0.2, 0) is 0 Å². The summed E-state index contributed by atoms with van der Waals surface area (Å²) in [6.07, 6.45) is 1.96. The molecule has 0 spiro atoms. The summed E-state index contributed by atoms with van der Waals surface area (Å²) in [5.74, 6) is 1.36. The number of nitrogens with zero attached hydrogens (tertiary/aromatic N) is 1. The number of thiazole rings is 1. The SMILES string of the molecule is CSc1ccccc1C(=O)Nc1nc(-c2cccc(Oc3ccccc3)c2)cs1. The zero-order chi connectivity index (χ0) is 20.1. The van der Waals surface area contributed by atoms with Gasteiger partial charge in [0, 0.05) is 15.8 Å². The lowest BCUT2D eigenvalue weighted by Crippen LogP contribution is -2.12. The van der Waals surface area contributed by atoms with E-state index in [0.717, 1.165) is 27.7 Å². The summed E-state index contributed by atoms with van der Waals surface area (Å²) in [7, 11) is 0. The summed E-state index contributed by atoms with van der Waals surface area (Å²) in [5, 5.41) is 5.39. The van der Waals surface area contributed by atoms with E-state index in [-0.39, 0.29) is 5.91 Å². The van der Waals surface area contributed by atoms with Crippen molar-refractivity contribution in [3.05, 3.63) is 89.8 Å². The van der Waals surface area contributed by atoms with Gasteiger partial charge in [-0.05, 0) is 42.7 Å². The van der Waals surface area contributed by atoms with E-state index in [1.54, 1.807) is 11.8 Å². The number of thioether (sulfide) groups is 1. The van der Waals surface area contributed by atoms with Crippen molar-refractivity contribution in [3.8, 4) is 22.8 Å². The van der Waals surface area contributed by atoms with Crippen molar-refractivity contribution in [2.75, 3.05) is 11.6 Å². The van der Waals surface area contributed by atoms with E-state index in [9.17, 15) is 4.79 Å². The van der Waals surface area contributed by atoms with Gasteiger partial charge in [-0.3, -0.25) is 10.1 Å². The molecule has 4 rings (SSSR count). The van der Waals surface area contributed by atoms with E-state index in [0.29, 0.717) is 10.7 Å².